The molecule has 0 aromatic rings. The second kappa shape index (κ2) is 2.70. The fourth-order valence-corrected chi connectivity index (χ4v) is 4.06. The fourth-order valence-electron chi connectivity index (χ4n) is 1.02. The third-order valence-corrected chi connectivity index (χ3v) is 4.97. The summed E-state index contributed by atoms with van der Waals surface area (Å²) in [6.45, 7) is 7.86. The van der Waals surface area contributed by atoms with Crippen LogP contribution in [0.15, 0.2) is 0 Å². The third-order valence-electron chi connectivity index (χ3n) is 1.54. The molecular weight excluding hydrogens is 162 g/mol. The van der Waals surface area contributed by atoms with E-state index in [1.54, 1.807) is 0 Å². The highest BCUT2D eigenvalue weighted by molar-refractivity contribution is 8.21. The van der Waals surface area contributed by atoms with Gasteiger partial charge in [0.25, 0.3) is 4.32 Å². The molecule has 1 saturated heterocycles. The van der Waals surface area contributed by atoms with Crippen molar-refractivity contribution in [1.29, 1.82) is 0 Å². The summed E-state index contributed by atoms with van der Waals surface area (Å²) in [4.78, 5) is 0. The first-order valence-electron chi connectivity index (χ1n) is 3.50. The van der Waals surface area contributed by atoms with Crippen LogP contribution in [0.1, 0.15) is 20.8 Å². The van der Waals surface area contributed by atoms with Crippen LogP contribution in [0.4, 0.5) is 0 Å². The van der Waals surface area contributed by atoms with Crippen molar-refractivity contribution in [2.24, 2.45) is 0 Å². The van der Waals surface area contributed by atoms with Crippen molar-refractivity contribution in [2.75, 3.05) is 12.3 Å². The number of rotatable bonds is 0. The van der Waals surface area contributed by atoms with E-state index >= 15 is 0 Å². The molecule has 1 aliphatic heterocycles. The van der Waals surface area contributed by atoms with Gasteiger partial charge in [0.1, 0.15) is 10.5 Å². The molecule has 1 atom stereocenters. The average Bonchev–Trinajstić information content (AvgIpc) is 2.11. The highest BCUT2D eigenvalue weighted by atomic mass is 32.2. The van der Waals surface area contributed by atoms with E-state index in [2.05, 4.69) is 26.1 Å². The van der Waals surface area contributed by atoms with Gasteiger partial charge in [-0.05, 0) is 33.0 Å². The number of hydrogen-bond acceptors (Lipinski definition) is 1. The van der Waals surface area contributed by atoms with Gasteiger partial charge in [0.05, 0.1) is 17.4 Å². The van der Waals surface area contributed by atoms with Crippen LogP contribution in [0.3, 0.4) is 0 Å². The Hall–Kier alpha value is 0.240. The number of nitrogens with one attached hydrogen (secondary N) is 1. The predicted octanol–water partition coefficient (Wildman–Crippen LogP) is 1.29. The molecule has 10 heavy (non-hydrogen) atoms. The molecule has 1 nitrogen and oxygen atoms in total. The lowest BCUT2D eigenvalue weighted by atomic mass is 10.3. The molecule has 1 aliphatic rings. The van der Waals surface area contributed by atoms with Crippen LogP contribution in [0.5, 0.6) is 0 Å². The summed E-state index contributed by atoms with van der Waals surface area (Å²) < 4.78 is 1.47. The van der Waals surface area contributed by atoms with Crippen LogP contribution in [-0.4, -0.2) is 21.4 Å². The summed E-state index contributed by atoms with van der Waals surface area (Å²) in [5, 5.41) is 3.22. The Balaban J connectivity index is 2.64. The molecule has 1 unspecified atom stereocenters. The first-order chi connectivity index (χ1) is 4.52. The van der Waals surface area contributed by atoms with Crippen LogP contribution in [0.25, 0.3) is 0 Å². The van der Waals surface area contributed by atoms with Crippen LogP contribution >= 0.6 is 12.2 Å². The molecule has 0 aliphatic carbocycles. The van der Waals surface area contributed by atoms with Crippen LogP contribution < -0.4 is 5.32 Å². The Labute approximate surface area is 70.9 Å². The Morgan fingerprint density at radius 1 is 1.50 bits per heavy atom. The molecular formula is C7H14NS2+. The van der Waals surface area contributed by atoms with E-state index in [1.807, 2.05) is 0 Å². The van der Waals surface area contributed by atoms with Crippen molar-refractivity contribution >= 4 is 27.4 Å². The average molecular weight is 176 g/mol. The molecule has 0 amide bonds. The summed E-state index contributed by atoms with van der Waals surface area (Å²) in [5.41, 5.74) is 0. The highest BCUT2D eigenvalue weighted by Gasteiger charge is 2.42. The van der Waals surface area contributed by atoms with Crippen LogP contribution in [-0.2, 0) is 10.9 Å². The molecule has 0 aromatic heterocycles. The first-order valence-corrected chi connectivity index (χ1v) is 5.31. The van der Waals surface area contributed by atoms with Crippen molar-refractivity contribution in [1.82, 2.24) is 5.32 Å². The van der Waals surface area contributed by atoms with Crippen molar-refractivity contribution in [2.45, 2.75) is 25.5 Å². The summed E-state index contributed by atoms with van der Waals surface area (Å²) in [7, 11) is 0.331. The van der Waals surface area contributed by atoms with Gasteiger partial charge in [-0.2, -0.15) is 0 Å². The van der Waals surface area contributed by atoms with Crippen LogP contribution in [0, 0.1) is 0 Å². The number of hydrogen-bond donors (Lipinski definition) is 1. The first kappa shape index (κ1) is 8.34. The fraction of sp³-hybridized carbons (Fsp3) is 0.857. The smallest absolute Gasteiger partial charge is 0.288 e. The molecule has 1 rings (SSSR count). The second-order valence-corrected chi connectivity index (χ2v) is 6.91. The minimum atomic E-state index is 0.331. The van der Waals surface area contributed by atoms with Crippen molar-refractivity contribution in [3.8, 4) is 0 Å². The Bertz CT molecular complexity index is 148. The van der Waals surface area contributed by atoms with Gasteiger partial charge in [0, 0.05) is 0 Å². The van der Waals surface area contributed by atoms with Gasteiger partial charge in [-0.25, -0.2) is 0 Å². The van der Waals surface area contributed by atoms with Gasteiger partial charge in [0.15, 0.2) is 0 Å². The summed E-state index contributed by atoms with van der Waals surface area (Å²) in [6.07, 6.45) is 0. The van der Waals surface area contributed by atoms with Gasteiger partial charge in [-0.15, -0.1) is 0 Å². The van der Waals surface area contributed by atoms with Crippen molar-refractivity contribution in [3.63, 3.8) is 0 Å². The molecule has 3 heteroatoms. The largest absolute Gasteiger partial charge is 0.332 e. The zero-order valence-electron chi connectivity index (χ0n) is 6.73. The molecule has 0 radical (unpaired) electrons. The van der Waals surface area contributed by atoms with E-state index in [-0.39, 0.29) is 0 Å². The quantitative estimate of drug-likeness (QED) is 0.441. The van der Waals surface area contributed by atoms with Crippen molar-refractivity contribution in [3.05, 3.63) is 0 Å². The lowest BCUT2D eigenvalue weighted by Crippen LogP contribution is -2.34. The van der Waals surface area contributed by atoms with Gasteiger partial charge < -0.3 is 5.32 Å². The molecule has 1 fully saturated rings. The van der Waals surface area contributed by atoms with Crippen molar-refractivity contribution < 1.29 is 0 Å². The zero-order chi connectivity index (χ0) is 7.78. The maximum absolute atomic E-state index is 5.19. The summed E-state index contributed by atoms with van der Waals surface area (Å²) >= 11 is 5.19. The lowest BCUT2D eigenvalue weighted by Gasteiger charge is -2.15. The van der Waals surface area contributed by atoms with Gasteiger partial charge >= 0.3 is 0 Å². The van der Waals surface area contributed by atoms with E-state index < -0.39 is 0 Å². The Kier molecular flexibility index (Phi) is 2.25. The SMILES string of the molecule is CC(C)(C)[S+]1CCNC1=S. The number of thiocarbonyl (C=S) groups is 1. The molecule has 1 heterocycles. The third kappa shape index (κ3) is 1.64. The summed E-state index contributed by atoms with van der Waals surface area (Å²) in [6, 6.07) is 0. The molecule has 0 spiro atoms. The van der Waals surface area contributed by atoms with E-state index in [1.165, 1.54) is 5.75 Å². The molecule has 1 N–H and O–H groups in total. The Morgan fingerprint density at radius 3 is 2.30 bits per heavy atom. The highest BCUT2D eigenvalue weighted by Crippen LogP contribution is 2.22. The van der Waals surface area contributed by atoms with E-state index in [4.69, 9.17) is 12.2 Å². The monoisotopic (exact) mass is 176 g/mol. The van der Waals surface area contributed by atoms with Crippen LogP contribution in [0.2, 0.25) is 0 Å². The minimum absolute atomic E-state index is 0.331. The topological polar surface area (TPSA) is 12.0 Å². The van der Waals surface area contributed by atoms with E-state index in [0.29, 0.717) is 15.6 Å². The lowest BCUT2D eigenvalue weighted by molar-refractivity contribution is 0.797. The Morgan fingerprint density at radius 2 is 2.10 bits per heavy atom. The van der Waals surface area contributed by atoms with Gasteiger partial charge in [-0.3, -0.25) is 0 Å². The maximum Gasteiger partial charge on any atom is 0.288 e. The normalized spacial score (nSPS) is 26.7. The summed E-state index contributed by atoms with van der Waals surface area (Å²) in [5.74, 6) is 1.24. The minimum Gasteiger partial charge on any atom is -0.332 e. The van der Waals surface area contributed by atoms with Gasteiger partial charge in [0.2, 0.25) is 0 Å². The van der Waals surface area contributed by atoms with E-state index in [9.17, 15) is 0 Å². The predicted molar refractivity (Wildman–Crippen MR) is 52.6 cm³/mol. The molecule has 0 aromatic carbocycles. The second-order valence-electron chi connectivity index (χ2n) is 3.42. The molecule has 0 saturated carbocycles. The van der Waals surface area contributed by atoms with E-state index in [0.717, 1.165) is 10.9 Å². The molecule has 58 valence electrons. The standard InChI is InChI=1S/C7H13NS2/c1-7(2,3)10-5-4-8-6(10)9/h4-5H2,1-3H3/p+1. The molecule has 0 bridgehead atoms. The zero-order valence-corrected chi connectivity index (χ0v) is 8.36. The van der Waals surface area contributed by atoms with Gasteiger partial charge in [-0.1, -0.05) is 0 Å². The maximum atomic E-state index is 5.19.